The first-order valence-corrected chi connectivity index (χ1v) is 11.2. The number of aromatic nitrogens is 5. The van der Waals surface area contributed by atoms with Gasteiger partial charge in [0.25, 0.3) is 0 Å². The van der Waals surface area contributed by atoms with Crippen LogP contribution < -0.4 is 16.4 Å². The van der Waals surface area contributed by atoms with E-state index in [9.17, 15) is 9.18 Å². The van der Waals surface area contributed by atoms with Crippen molar-refractivity contribution >= 4 is 22.8 Å². The predicted molar refractivity (Wildman–Crippen MR) is 126 cm³/mol. The third-order valence-corrected chi connectivity index (χ3v) is 6.06. The summed E-state index contributed by atoms with van der Waals surface area (Å²) in [6.07, 6.45) is 6.11. The molecule has 5 rings (SSSR count). The van der Waals surface area contributed by atoms with Gasteiger partial charge in [-0.3, -0.25) is 9.78 Å². The molecule has 4 aromatic rings. The van der Waals surface area contributed by atoms with E-state index >= 15 is 0 Å². The van der Waals surface area contributed by atoms with E-state index in [0.717, 1.165) is 60.0 Å². The topological polar surface area (TPSA) is 124 Å². The first kappa shape index (κ1) is 21.9. The lowest BCUT2D eigenvalue weighted by atomic mass is 10.1. The molecule has 4 N–H and O–H groups in total. The number of nitrogens with zero attached hydrogens (tertiary/aromatic N) is 5. The van der Waals surface area contributed by atoms with Crippen molar-refractivity contribution in [2.75, 3.05) is 18.8 Å². The Kier molecular flexibility index (Phi) is 6.13. The molecule has 0 radical (unpaired) electrons. The molecule has 1 atom stereocenters. The standard InChI is InChI=1S/C24H25FN8O/c25-19-13-28-9-7-17(19)10-20(34)29-11-15-3-5-16(6-4-15)22-21-23(26)30-14-31-24(21)33(32-22)18-2-1-8-27-12-18/h3-7,9,13-14,18,27H,1-2,8,10-12H2,(H,29,34)(H2,26,30,31)/t18-/m1/s1. The van der Waals surface area contributed by atoms with E-state index in [1.165, 1.54) is 18.6 Å². The van der Waals surface area contributed by atoms with Crippen LogP contribution in [0.5, 0.6) is 0 Å². The van der Waals surface area contributed by atoms with Gasteiger partial charge in [0.05, 0.1) is 24.0 Å². The quantitative estimate of drug-likeness (QED) is 0.404. The molecule has 0 bridgehead atoms. The van der Waals surface area contributed by atoms with Crippen molar-refractivity contribution in [1.29, 1.82) is 0 Å². The fourth-order valence-electron chi connectivity index (χ4n) is 4.26. The Morgan fingerprint density at radius 2 is 2.09 bits per heavy atom. The van der Waals surface area contributed by atoms with Gasteiger partial charge in [-0.25, -0.2) is 19.0 Å². The lowest BCUT2D eigenvalue weighted by Crippen LogP contribution is -2.32. The Labute approximate surface area is 195 Å². The highest BCUT2D eigenvalue weighted by Gasteiger charge is 2.23. The summed E-state index contributed by atoms with van der Waals surface area (Å²) in [4.78, 5) is 24.6. The maximum atomic E-state index is 13.7. The van der Waals surface area contributed by atoms with Gasteiger partial charge in [0.2, 0.25) is 5.91 Å². The highest BCUT2D eigenvalue weighted by Crippen LogP contribution is 2.32. The van der Waals surface area contributed by atoms with Gasteiger partial charge in [-0.1, -0.05) is 24.3 Å². The molecule has 10 heteroatoms. The van der Waals surface area contributed by atoms with Crippen LogP contribution in [0.3, 0.4) is 0 Å². The number of piperidine rings is 1. The lowest BCUT2D eigenvalue weighted by molar-refractivity contribution is -0.120. The monoisotopic (exact) mass is 460 g/mol. The minimum atomic E-state index is -0.485. The number of carbonyl (C=O) groups is 1. The predicted octanol–water partition coefficient (Wildman–Crippen LogP) is 2.39. The molecule has 1 amide bonds. The summed E-state index contributed by atoms with van der Waals surface area (Å²) >= 11 is 0. The summed E-state index contributed by atoms with van der Waals surface area (Å²) in [5.74, 6) is -0.347. The SMILES string of the molecule is Nc1ncnc2c1c(-c1ccc(CNC(=O)Cc3ccncc3F)cc1)nn2[C@@H]1CCCNC1. The van der Waals surface area contributed by atoms with Crippen molar-refractivity contribution in [2.24, 2.45) is 0 Å². The summed E-state index contributed by atoms with van der Waals surface area (Å²) in [5, 5.41) is 11.9. The van der Waals surface area contributed by atoms with Crippen molar-refractivity contribution in [3.8, 4) is 11.3 Å². The Hall–Kier alpha value is -3.92. The Bertz CT molecular complexity index is 1310. The molecule has 0 saturated carbocycles. The van der Waals surface area contributed by atoms with Gasteiger partial charge in [-0.15, -0.1) is 0 Å². The van der Waals surface area contributed by atoms with Gasteiger partial charge in [0, 0.05) is 30.4 Å². The smallest absolute Gasteiger partial charge is 0.224 e. The van der Waals surface area contributed by atoms with E-state index in [1.807, 2.05) is 28.9 Å². The van der Waals surface area contributed by atoms with Gasteiger partial charge < -0.3 is 16.4 Å². The van der Waals surface area contributed by atoms with E-state index < -0.39 is 5.82 Å². The van der Waals surface area contributed by atoms with E-state index in [2.05, 4.69) is 25.6 Å². The normalized spacial score (nSPS) is 16.0. The second kappa shape index (κ2) is 9.52. The number of rotatable bonds is 6. The molecule has 3 aromatic heterocycles. The molecule has 0 aliphatic carbocycles. The molecule has 1 saturated heterocycles. The van der Waals surface area contributed by atoms with Crippen LogP contribution in [0.25, 0.3) is 22.3 Å². The molecule has 34 heavy (non-hydrogen) atoms. The molecule has 4 heterocycles. The van der Waals surface area contributed by atoms with E-state index in [4.69, 9.17) is 10.8 Å². The fraction of sp³-hybridized carbons (Fsp3) is 0.292. The molecule has 1 fully saturated rings. The van der Waals surface area contributed by atoms with E-state index in [1.54, 1.807) is 0 Å². The number of benzene rings is 1. The second-order valence-corrected chi connectivity index (χ2v) is 8.37. The van der Waals surface area contributed by atoms with Crippen molar-refractivity contribution in [1.82, 2.24) is 35.4 Å². The second-order valence-electron chi connectivity index (χ2n) is 8.37. The van der Waals surface area contributed by atoms with Gasteiger partial charge in [-0.2, -0.15) is 5.10 Å². The minimum Gasteiger partial charge on any atom is -0.383 e. The maximum Gasteiger partial charge on any atom is 0.224 e. The highest BCUT2D eigenvalue weighted by atomic mass is 19.1. The average molecular weight is 461 g/mol. The van der Waals surface area contributed by atoms with Gasteiger partial charge >= 0.3 is 0 Å². The molecule has 174 valence electrons. The summed E-state index contributed by atoms with van der Waals surface area (Å²) in [7, 11) is 0. The molecule has 1 aromatic carbocycles. The van der Waals surface area contributed by atoms with E-state index in [-0.39, 0.29) is 18.4 Å². The van der Waals surface area contributed by atoms with Gasteiger partial charge in [0.15, 0.2) is 5.65 Å². The van der Waals surface area contributed by atoms with Crippen LogP contribution >= 0.6 is 0 Å². The zero-order valence-electron chi connectivity index (χ0n) is 18.5. The van der Waals surface area contributed by atoms with Gasteiger partial charge in [-0.05, 0) is 31.0 Å². The highest BCUT2D eigenvalue weighted by molar-refractivity contribution is 5.98. The number of pyridine rings is 1. The number of hydrogen-bond acceptors (Lipinski definition) is 7. The van der Waals surface area contributed by atoms with E-state index in [0.29, 0.717) is 17.9 Å². The molecule has 1 aliphatic rings. The van der Waals surface area contributed by atoms with Crippen LogP contribution in [0.2, 0.25) is 0 Å². The molecule has 0 unspecified atom stereocenters. The Morgan fingerprint density at radius 3 is 2.85 bits per heavy atom. The zero-order chi connectivity index (χ0) is 23.5. The van der Waals surface area contributed by atoms with Crippen LogP contribution in [0.15, 0.2) is 49.1 Å². The van der Waals surface area contributed by atoms with Crippen LogP contribution in [-0.2, 0) is 17.8 Å². The molecular weight excluding hydrogens is 435 g/mol. The summed E-state index contributed by atoms with van der Waals surface area (Å²) in [5.41, 5.74) is 9.82. The molecule has 0 spiro atoms. The van der Waals surface area contributed by atoms with Crippen molar-refractivity contribution in [3.05, 3.63) is 66.0 Å². The first-order chi connectivity index (χ1) is 16.6. The number of nitrogens with one attached hydrogen (secondary N) is 2. The van der Waals surface area contributed by atoms with Crippen LogP contribution in [0, 0.1) is 5.82 Å². The molecule has 1 aliphatic heterocycles. The maximum absolute atomic E-state index is 13.7. The summed E-state index contributed by atoms with van der Waals surface area (Å²) in [6.45, 7) is 2.18. The fourth-order valence-corrected chi connectivity index (χ4v) is 4.26. The number of fused-ring (bicyclic) bond motifs is 1. The zero-order valence-corrected chi connectivity index (χ0v) is 18.5. The first-order valence-electron chi connectivity index (χ1n) is 11.2. The van der Waals surface area contributed by atoms with Crippen molar-refractivity contribution in [2.45, 2.75) is 31.8 Å². The summed E-state index contributed by atoms with van der Waals surface area (Å²) in [6, 6.07) is 9.46. The number of nitrogen functional groups attached to an aromatic ring is 1. The largest absolute Gasteiger partial charge is 0.383 e. The molecule has 9 nitrogen and oxygen atoms in total. The number of nitrogens with two attached hydrogens (primary N) is 1. The van der Waals surface area contributed by atoms with Crippen LogP contribution in [0.4, 0.5) is 10.2 Å². The number of halogens is 1. The average Bonchev–Trinajstić information content (AvgIpc) is 3.26. The number of amides is 1. The van der Waals surface area contributed by atoms with Crippen LogP contribution in [0.1, 0.15) is 30.0 Å². The third-order valence-electron chi connectivity index (χ3n) is 6.06. The minimum absolute atomic E-state index is 0.0365. The number of hydrogen-bond donors (Lipinski definition) is 3. The Morgan fingerprint density at radius 1 is 1.24 bits per heavy atom. The number of anilines is 1. The Balaban J connectivity index is 1.34. The van der Waals surface area contributed by atoms with Crippen LogP contribution in [-0.4, -0.2) is 43.7 Å². The number of carbonyl (C=O) groups excluding carboxylic acids is 1. The third kappa shape index (κ3) is 4.44. The van der Waals surface area contributed by atoms with Gasteiger partial charge in [0.1, 0.15) is 23.7 Å². The molecular formula is C24H25FN8O. The lowest BCUT2D eigenvalue weighted by Gasteiger charge is -2.23. The van der Waals surface area contributed by atoms with Crippen molar-refractivity contribution in [3.63, 3.8) is 0 Å². The van der Waals surface area contributed by atoms with Crippen molar-refractivity contribution < 1.29 is 9.18 Å². The summed E-state index contributed by atoms with van der Waals surface area (Å²) < 4.78 is 15.7.